The lowest BCUT2D eigenvalue weighted by atomic mass is 9.93. The zero-order valence-electron chi connectivity index (χ0n) is 10.7. The van der Waals surface area contributed by atoms with Gasteiger partial charge >= 0.3 is 0 Å². The van der Waals surface area contributed by atoms with Crippen LogP contribution in [0.15, 0.2) is 24.4 Å². The molecule has 17 heavy (non-hydrogen) atoms. The van der Waals surface area contributed by atoms with Crippen LogP contribution in [0, 0.1) is 5.92 Å². The molecule has 1 unspecified atom stereocenters. The Labute approximate surface area is 104 Å². The Hall–Kier alpha value is -0.930. The quantitative estimate of drug-likeness (QED) is 0.867. The summed E-state index contributed by atoms with van der Waals surface area (Å²) in [5, 5.41) is 0. The molecule has 3 heteroatoms. The van der Waals surface area contributed by atoms with E-state index >= 15 is 0 Å². The van der Waals surface area contributed by atoms with E-state index in [-0.39, 0.29) is 0 Å². The Bertz CT molecular complexity index is 317. The Morgan fingerprint density at radius 2 is 2.18 bits per heavy atom. The SMILES string of the molecule is CCC1CCN(C(CN)c2ccccn2)CC1. The van der Waals surface area contributed by atoms with Gasteiger partial charge in [0.15, 0.2) is 0 Å². The highest BCUT2D eigenvalue weighted by Gasteiger charge is 2.24. The van der Waals surface area contributed by atoms with Gasteiger partial charge in [0.2, 0.25) is 0 Å². The van der Waals surface area contributed by atoms with E-state index in [2.05, 4.69) is 22.9 Å². The molecule has 0 aromatic carbocycles. The highest BCUT2D eigenvalue weighted by atomic mass is 15.2. The Kier molecular flexibility index (Phi) is 4.51. The highest BCUT2D eigenvalue weighted by molar-refractivity contribution is 5.09. The van der Waals surface area contributed by atoms with Crippen LogP contribution < -0.4 is 5.73 Å². The number of likely N-dealkylation sites (tertiary alicyclic amines) is 1. The normalized spacial score (nSPS) is 20.4. The van der Waals surface area contributed by atoms with Crippen molar-refractivity contribution in [1.29, 1.82) is 0 Å². The van der Waals surface area contributed by atoms with Crippen LogP contribution in [-0.2, 0) is 0 Å². The van der Waals surface area contributed by atoms with E-state index in [0.29, 0.717) is 12.6 Å². The first kappa shape index (κ1) is 12.5. The smallest absolute Gasteiger partial charge is 0.0644 e. The minimum absolute atomic E-state index is 0.300. The molecule has 2 heterocycles. The molecule has 1 saturated heterocycles. The van der Waals surface area contributed by atoms with E-state index < -0.39 is 0 Å². The predicted octanol–water partition coefficient (Wildman–Crippen LogP) is 2.20. The maximum absolute atomic E-state index is 5.92. The van der Waals surface area contributed by atoms with Crippen LogP contribution in [0.3, 0.4) is 0 Å². The second kappa shape index (κ2) is 6.12. The molecular weight excluding hydrogens is 210 g/mol. The second-order valence-corrected chi connectivity index (χ2v) is 4.89. The summed E-state index contributed by atoms with van der Waals surface area (Å²) < 4.78 is 0. The average Bonchev–Trinajstić information content (AvgIpc) is 2.42. The summed E-state index contributed by atoms with van der Waals surface area (Å²) in [5.41, 5.74) is 7.04. The van der Waals surface area contributed by atoms with Crippen molar-refractivity contribution in [2.45, 2.75) is 32.2 Å². The molecule has 0 bridgehead atoms. The summed E-state index contributed by atoms with van der Waals surface area (Å²) >= 11 is 0. The van der Waals surface area contributed by atoms with Crippen molar-refractivity contribution in [3.8, 4) is 0 Å². The van der Waals surface area contributed by atoms with Gasteiger partial charge < -0.3 is 5.73 Å². The minimum atomic E-state index is 0.300. The van der Waals surface area contributed by atoms with Crippen molar-refractivity contribution in [3.05, 3.63) is 30.1 Å². The average molecular weight is 233 g/mol. The molecule has 1 aliphatic rings. The fraction of sp³-hybridized carbons (Fsp3) is 0.643. The van der Waals surface area contributed by atoms with Gasteiger partial charge in [-0.2, -0.15) is 0 Å². The first-order valence-corrected chi connectivity index (χ1v) is 6.70. The molecule has 1 atom stereocenters. The standard InChI is InChI=1S/C14H23N3/c1-2-12-6-9-17(10-7-12)14(11-15)13-5-3-4-8-16-13/h3-5,8,12,14H,2,6-7,9-11,15H2,1H3. The summed E-state index contributed by atoms with van der Waals surface area (Å²) in [6.07, 6.45) is 5.78. The van der Waals surface area contributed by atoms with Crippen LogP contribution in [0.5, 0.6) is 0 Å². The molecule has 1 aliphatic heterocycles. The lowest BCUT2D eigenvalue weighted by Gasteiger charge is -2.36. The predicted molar refractivity (Wildman–Crippen MR) is 70.6 cm³/mol. The van der Waals surface area contributed by atoms with Gasteiger partial charge in [-0.1, -0.05) is 19.4 Å². The number of aromatic nitrogens is 1. The maximum Gasteiger partial charge on any atom is 0.0644 e. The minimum Gasteiger partial charge on any atom is -0.329 e. The highest BCUT2D eigenvalue weighted by Crippen LogP contribution is 2.26. The van der Waals surface area contributed by atoms with E-state index in [0.717, 1.165) is 24.7 Å². The molecule has 1 aromatic rings. The van der Waals surface area contributed by atoms with Crippen molar-refractivity contribution in [1.82, 2.24) is 9.88 Å². The van der Waals surface area contributed by atoms with Gasteiger partial charge in [-0.15, -0.1) is 0 Å². The summed E-state index contributed by atoms with van der Waals surface area (Å²) in [4.78, 5) is 6.94. The summed E-state index contributed by atoms with van der Waals surface area (Å²) in [6, 6.07) is 6.39. The molecule has 3 nitrogen and oxygen atoms in total. The molecule has 94 valence electrons. The molecule has 0 aliphatic carbocycles. The Morgan fingerprint density at radius 3 is 2.71 bits per heavy atom. The van der Waals surface area contributed by atoms with Crippen LogP contribution in [0.4, 0.5) is 0 Å². The molecule has 1 fully saturated rings. The number of rotatable bonds is 4. The van der Waals surface area contributed by atoms with Crippen molar-refractivity contribution < 1.29 is 0 Å². The van der Waals surface area contributed by atoms with Crippen LogP contribution in [0.2, 0.25) is 0 Å². The fourth-order valence-corrected chi connectivity index (χ4v) is 2.70. The lowest BCUT2D eigenvalue weighted by molar-refractivity contribution is 0.131. The summed E-state index contributed by atoms with van der Waals surface area (Å²) in [6.45, 7) is 5.28. The molecule has 2 N–H and O–H groups in total. The van der Waals surface area contributed by atoms with Crippen LogP contribution in [0.1, 0.15) is 37.9 Å². The largest absolute Gasteiger partial charge is 0.329 e. The van der Waals surface area contributed by atoms with E-state index in [1.54, 1.807) is 0 Å². The van der Waals surface area contributed by atoms with E-state index in [9.17, 15) is 0 Å². The fourth-order valence-electron chi connectivity index (χ4n) is 2.70. The third kappa shape index (κ3) is 3.05. The van der Waals surface area contributed by atoms with Gasteiger partial charge in [0.05, 0.1) is 11.7 Å². The second-order valence-electron chi connectivity index (χ2n) is 4.89. The lowest BCUT2D eigenvalue weighted by Crippen LogP contribution is -2.40. The molecule has 0 amide bonds. The van der Waals surface area contributed by atoms with Crippen LogP contribution in [0.25, 0.3) is 0 Å². The number of nitrogens with two attached hydrogens (primary N) is 1. The number of hydrogen-bond acceptors (Lipinski definition) is 3. The van der Waals surface area contributed by atoms with Gasteiger partial charge in [0, 0.05) is 12.7 Å². The summed E-state index contributed by atoms with van der Waals surface area (Å²) in [7, 11) is 0. The monoisotopic (exact) mass is 233 g/mol. The molecule has 0 saturated carbocycles. The number of nitrogens with zero attached hydrogens (tertiary/aromatic N) is 2. The van der Waals surface area contributed by atoms with Crippen molar-refractivity contribution in [2.75, 3.05) is 19.6 Å². The number of hydrogen-bond donors (Lipinski definition) is 1. The topological polar surface area (TPSA) is 42.1 Å². The van der Waals surface area contributed by atoms with Crippen molar-refractivity contribution in [2.24, 2.45) is 11.7 Å². The van der Waals surface area contributed by atoms with Gasteiger partial charge in [-0.25, -0.2) is 0 Å². The third-order valence-electron chi connectivity index (χ3n) is 3.92. The van der Waals surface area contributed by atoms with Gasteiger partial charge in [0.1, 0.15) is 0 Å². The Balaban J connectivity index is 2.00. The van der Waals surface area contributed by atoms with Crippen LogP contribution in [-0.4, -0.2) is 29.5 Å². The zero-order valence-corrected chi connectivity index (χ0v) is 10.7. The van der Waals surface area contributed by atoms with E-state index in [1.807, 2.05) is 18.3 Å². The van der Waals surface area contributed by atoms with Gasteiger partial charge in [-0.3, -0.25) is 9.88 Å². The third-order valence-corrected chi connectivity index (χ3v) is 3.92. The van der Waals surface area contributed by atoms with Crippen molar-refractivity contribution >= 4 is 0 Å². The maximum atomic E-state index is 5.92. The Morgan fingerprint density at radius 1 is 1.41 bits per heavy atom. The number of pyridine rings is 1. The van der Waals surface area contributed by atoms with Gasteiger partial charge in [-0.05, 0) is 44.0 Å². The van der Waals surface area contributed by atoms with E-state index in [1.165, 1.54) is 19.3 Å². The molecule has 0 spiro atoms. The van der Waals surface area contributed by atoms with Gasteiger partial charge in [0.25, 0.3) is 0 Å². The van der Waals surface area contributed by atoms with Crippen molar-refractivity contribution in [3.63, 3.8) is 0 Å². The first-order chi connectivity index (χ1) is 8.35. The molecule has 2 rings (SSSR count). The van der Waals surface area contributed by atoms with E-state index in [4.69, 9.17) is 5.73 Å². The molecular formula is C14H23N3. The number of piperidine rings is 1. The zero-order chi connectivity index (χ0) is 12.1. The first-order valence-electron chi connectivity index (χ1n) is 6.70. The molecule has 0 radical (unpaired) electrons. The van der Waals surface area contributed by atoms with Crippen LogP contribution >= 0.6 is 0 Å². The summed E-state index contributed by atoms with van der Waals surface area (Å²) in [5.74, 6) is 0.911. The molecule has 1 aromatic heterocycles.